The lowest BCUT2D eigenvalue weighted by Crippen LogP contribution is -2.48. The quantitative estimate of drug-likeness (QED) is 0.685. The second kappa shape index (κ2) is 9.42. The topological polar surface area (TPSA) is 87.7 Å². The number of esters is 1. The summed E-state index contributed by atoms with van der Waals surface area (Å²) >= 11 is 0. The predicted octanol–water partition coefficient (Wildman–Crippen LogP) is 4.00. The second-order valence-electron chi connectivity index (χ2n) is 7.11. The highest BCUT2D eigenvalue weighted by Gasteiger charge is 2.35. The van der Waals surface area contributed by atoms with Gasteiger partial charge < -0.3 is 15.4 Å². The fraction of sp³-hybridized carbons (Fsp3) is 0.261. The van der Waals surface area contributed by atoms with E-state index in [9.17, 15) is 18.8 Å². The monoisotopic (exact) mass is 425 g/mol. The molecule has 0 fully saturated rings. The van der Waals surface area contributed by atoms with E-state index in [1.54, 1.807) is 31.2 Å². The Balaban J connectivity index is 1.84. The summed E-state index contributed by atoms with van der Waals surface area (Å²) in [5.74, 6) is -1.31. The zero-order chi connectivity index (χ0) is 22.5. The number of halogens is 1. The van der Waals surface area contributed by atoms with Crippen LogP contribution in [0.2, 0.25) is 0 Å². The first-order valence-electron chi connectivity index (χ1n) is 9.89. The summed E-state index contributed by atoms with van der Waals surface area (Å²) in [5, 5.41) is 5.59. The number of carbonyl (C=O) groups is 3. The highest BCUT2D eigenvalue weighted by molar-refractivity contribution is 6.04. The molecule has 7 nitrogen and oxygen atoms in total. The normalized spacial score (nSPS) is 16.1. The molecule has 2 N–H and O–H groups in total. The van der Waals surface area contributed by atoms with Crippen LogP contribution in [0.25, 0.3) is 0 Å². The smallest absolute Gasteiger partial charge is 0.337 e. The molecule has 0 bridgehead atoms. The van der Waals surface area contributed by atoms with E-state index in [1.165, 1.54) is 36.3 Å². The Labute approximate surface area is 179 Å². The lowest BCUT2D eigenvalue weighted by molar-refractivity contribution is -0.136. The molecule has 1 heterocycles. The molecule has 2 aromatic carbocycles. The van der Waals surface area contributed by atoms with Gasteiger partial charge in [0.15, 0.2) is 0 Å². The van der Waals surface area contributed by atoms with Crippen LogP contribution in [-0.4, -0.2) is 36.5 Å². The molecule has 162 valence electrons. The molecule has 0 spiro atoms. The third-order valence-electron chi connectivity index (χ3n) is 5.06. The number of hydrogen-bond donors (Lipinski definition) is 2. The summed E-state index contributed by atoms with van der Waals surface area (Å²) in [7, 11) is 1.30. The van der Waals surface area contributed by atoms with Gasteiger partial charge in [-0.1, -0.05) is 19.1 Å². The van der Waals surface area contributed by atoms with E-state index in [4.69, 9.17) is 4.74 Å². The molecule has 1 aliphatic heterocycles. The molecule has 1 unspecified atom stereocenters. The van der Waals surface area contributed by atoms with Crippen molar-refractivity contribution in [2.75, 3.05) is 19.0 Å². The molecular formula is C23H24FN3O4. The first kappa shape index (κ1) is 22.0. The van der Waals surface area contributed by atoms with E-state index < -0.39 is 17.8 Å². The number of urea groups is 1. The second-order valence-corrected chi connectivity index (χ2v) is 7.11. The van der Waals surface area contributed by atoms with Gasteiger partial charge in [0.2, 0.25) is 0 Å². The van der Waals surface area contributed by atoms with E-state index in [2.05, 4.69) is 10.6 Å². The molecule has 0 aromatic heterocycles. The maximum absolute atomic E-state index is 13.0. The maximum Gasteiger partial charge on any atom is 0.337 e. The highest BCUT2D eigenvalue weighted by atomic mass is 19.1. The summed E-state index contributed by atoms with van der Waals surface area (Å²) in [6, 6.07) is 11.1. The lowest BCUT2D eigenvalue weighted by Gasteiger charge is -2.35. The Hall–Kier alpha value is -3.68. The van der Waals surface area contributed by atoms with Crippen molar-refractivity contribution in [3.05, 3.63) is 76.7 Å². The van der Waals surface area contributed by atoms with Crippen LogP contribution in [0.15, 0.2) is 59.8 Å². The molecule has 0 aliphatic carbocycles. The van der Waals surface area contributed by atoms with Crippen molar-refractivity contribution in [3.8, 4) is 0 Å². The van der Waals surface area contributed by atoms with Gasteiger partial charge in [-0.15, -0.1) is 0 Å². The van der Waals surface area contributed by atoms with Crippen molar-refractivity contribution in [3.63, 3.8) is 0 Å². The first-order chi connectivity index (χ1) is 14.8. The molecule has 0 radical (unpaired) electrons. The number of rotatable bonds is 6. The summed E-state index contributed by atoms with van der Waals surface area (Å²) in [6.07, 6.45) is 0.742. The number of nitrogens with zero attached hydrogens (tertiary/aromatic N) is 1. The Morgan fingerprint density at radius 1 is 1.13 bits per heavy atom. The number of ether oxygens (including phenoxy) is 1. The van der Waals surface area contributed by atoms with Crippen LogP contribution in [0.3, 0.4) is 0 Å². The minimum Gasteiger partial charge on any atom is -0.466 e. The highest BCUT2D eigenvalue weighted by Crippen LogP contribution is 2.32. The van der Waals surface area contributed by atoms with Gasteiger partial charge in [0, 0.05) is 23.5 Å². The standard InChI is InChI=1S/C23H24FN3O4/c1-4-13-27-14(2)19(22(29)31-3)20(26-23(27)30)15-7-11-18(12-8-15)25-21(28)16-5-9-17(24)10-6-16/h5-12,20H,4,13H2,1-3H3,(H,25,28)(H,26,30). The van der Waals surface area contributed by atoms with Crippen molar-refractivity contribution < 1.29 is 23.5 Å². The zero-order valence-electron chi connectivity index (χ0n) is 17.6. The van der Waals surface area contributed by atoms with Crippen LogP contribution in [0.4, 0.5) is 14.9 Å². The minimum atomic E-state index is -0.671. The third-order valence-corrected chi connectivity index (χ3v) is 5.06. The van der Waals surface area contributed by atoms with Crippen molar-refractivity contribution in [2.45, 2.75) is 26.3 Å². The maximum atomic E-state index is 13.0. The van der Waals surface area contributed by atoms with E-state index in [-0.39, 0.29) is 11.9 Å². The van der Waals surface area contributed by atoms with Gasteiger partial charge in [-0.05, 0) is 55.3 Å². The van der Waals surface area contributed by atoms with Gasteiger partial charge in [0.1, 0.15) is 5.82 Å². The van der Waals surface area contributed by atoms with Gasteiger partial charge in [0.05, 0.1) is 18.7 Å². The summed E-state index contributed by atoms with van der Waals surface area (Å²) in [5.41, 5.74) is 2.43. The van der Waals surface area contributed by atoms with E-state index in [1.807, 2.05) is 6.92 Å². The molecule has 3 amide bonds. The number of hydrogen-bond acceptors (Lipinski definition) is 4. The number of amides is 3. The molecule has 8 heteroatoms. The summed E-state index contributed by atoms with van der Waals surface area (Å²) < 4.78 is 18.0. The fourth-order valence-electron chi connectivity index (χ4n) is 3.46. The number of nitrogens with one attached hydrogen (secondary N) is 2. The number of anilines is 1. The van der Waals surface area contributed by atoms with Gasteiger partial charge in [-0.2, -0.15) is 0 Å². The van der Waals surface area contributed by atoms with Crippen LogP contribution in [0.1, 0.15) is 42.2 Å². The minimum absolute atomic E-state index is 0.286. The van der Waals surface area contributed by atoms with E-state index in [0.717, 1.165) is 6.42 Å². The zero-order valence-corrected chi connectivity index (χ0v) is 17.6. The molecule has 0 saturated heterocycles. The van der Waals surface area contributed by atoms with Gasteiger partial charge >= 0.3 is 12.0 Å². The molecule has 0 saturated carbocycles. The molecule has 2 aromatic rings. The van der Waals surface area contributed by atoms with E-state index >= 15 is 0 Å². The van der Waals surface area contributed by atoms with Crippen LogP contribution >= 0.6 is 0 Å². The Kier molecular flexibility index (Phi) is 6.69. The Morgan fingerprint density at radius 2 is 1.77 bits per heavy atom. The molecule has 3 rings (SSSR count). The largest absolute Gasteiger partial charge is 0.466 e. The predicted molar refractivity (Wildman–Crippen MR) is 114 cm³/mol. The third kappa shape index (κ3) is 4.74. The Bertz CT molecular complexity index is 1020. The van der Waals surface area contributed by atoms with Crippen LogP contribution < -0.4 is 10.6 Å². The van der Waals surface area contributed by atoms with Crippen molar-refractivity contribution in [1.29, 1.82) is 0 Å². The number of methoxy groups -OCH3 is 1. The number of benzene rings is 2. The number of carbonyl (C=O) groups excluding carboxylic acids is 3. The summed E-state index contributed by atoms with van der Waals surface area (Å²) in [4.78, 5) is 38.9. The molecule has 1 aliphatic rings. The average molecular weight is 425 g/mol. The van der Waals surface area contributed by atoms with Gasteiger partial charge in [-0.25, -0.2) is 14.0 Å². The van der Waals surface area contributed by atoms with Crippen molar-refractivity contribution >= 4 is 23.6 Å². The fourth-order valence-corrected chi connectivity index (χ4v) is 3.46. The first-order valence-corrected chi connectivity index (χ1v) is 9.89. The lowest BCUT2D eigenvalue weighted by atomic mass is 9.94. The van der Waals surface area contributed by atoms with Gasteiger partial charge in [-0.3, -0.25) is 9.69 Å². The van der Waals surface area contributed by atoms with Gasteiger partial charge in [0.25, 0.3) is 5.91 Å². The van der Waals surface area contributed by atoms with Crippen LogP contribution in [0.5, 0.6) is 0 Å². The van der Waals surface area contributed by atoms with Crippen LogP contribution in [-0.2, 0) is 9.53 Å². The average Bonchev–Trinajstić information content (AvgIpc) is 2.76. The molecule has 31 heavy (non-hydrogen) atoms. The van der Waals surface area contributed by atoms with Crippen molar-refractivity contribution in [1.82, 2.24) is 10.2 Å². The number of allylic oxidation sites excluding steroid dienone is 1. The molecular weight excluding hydrogens is 401 g/mol. The van der Waals surface area contributed by atoms with Crippen molar-refractivity contribution in [2.24, 2.45) is 0 Å². The summed E-state index contributed by atoms with van der Waals surface area (Å²) in [6.45, 7) is 4.16. The molecule has 1 atom stereocenters. The van der Waals surface area contributed by atoms with Crippen LogP contribution in [0, 0.1) is 5.82 Å². The van der Waals surface area contributed by atoms with E-state index in [0.29, 0.717) is 34.6 Å². The SMILES string of the molecule is CCCN1C(=O)NC(c2ccc(NC(=O)c3ccc(F)cc3)cc2)C(C(=O)OC)=C1C. The Morgan fingerprint density at radius 3 is 2.35 bits per heavy atom.